The van der Waals surface area contributed by atoms with Gasteiger partial charge in [-0.2, -0.15) is 0 Å². The van der Waals surface area contributed by atoms with Crippen molar-refractivity contribution in [3.8, 4) is 0 Å². The van der Waals surface area contributed by atoms with E-state index >= 15 is 0 Å². The number of amides is 2. The Morgan fingerprint density at radius 3 is 3.00 bits per heavy atom. The lowest BCUT2D eigenvalue weighted by Crippen LogP contribution is -2.33. The Balaban J connectivity index is 2.02. The van der Waals surface area contributed by atoms with Crippen LogP contribution in [-0.4, -0.2) is 28.6 Å². The minimum atomic E-state index is -1.09. The van der Waals surface area contributed by atoms with Crippen molar-refractivity contribution in [2.75, 3.05) is 11.9 Å². The summed E-state index contributed by atoms with van der Waals surface area (Å²) in [7, 11) is 0. The van der Waals surface area contributed by atoms with Crippen molar-refractivity contribution in [2.45, 2.75) is 0 Å². The van der Waals surface area contributed by atoms with E-state index in [9.17, 15) is 9.59 Å². The van der Waals surface area contributed by atoms with Gasteiger partial charge < -0.3 is 15.7 Å². The van der Waals surface area contributed by atoms with Gasteiger partial charge in [0.2, 0.25) is 0 Å². The van der Waals surface area contributed by atoms with Gasteiger partial charge in [0.15, 0.2) is 0 Å². The second-order valence-corrected chi connectivity index (χ2v) is 4.12. The molecule has 1 aromatic heterocycles. The molecule has 0 aliphatic heterocycles. The molecule has 0 aliphatic rings. The lowest BCUT2D eigenvalue weighted by atomic mass is 10.3. The Labute approximate surface area is 100 Å². The van der Waals surface area contributed by atoms with E-state index in [4.69, 9.17) is 5.11 Å². The summed E-state index contributed by atoms with van der Waals surface area (Å²) in [5.74, 6) is -1.09. The van der Waals surface area contributed by atoms with Crippen LogP contribution < -0.4 is 10.6 Å². The SMILES string of the molecule is O=C(O)CNC(=O)Nc1ccc2ncsc2c1. The number of nitrogens with one attached hydrogen (secondary N) is 2. The number of nitrogens with zero attached hydrogens (tertiary/aromatic N) is 1. The summed E-state index contributed by atoms with van der Waals surface area (Å²) in [6.07, 6.45) is 0. The van der Waals surface area contributed by atoms with E-state index in [0.717, 1.165) is 10.2 Å². The zero-order valence-corrected chi connectivity index (χ0v) is 9.45. The molecule has 0 fully saturated rings. The van der Waals surface area contributed by atoms with Gasteiger partial charge in [-0.1, -0.05) is 0 Å². The molecule has 88 valence electrons. The summed E-state index contributed by atoms with van der Waals surface area (Å²) < 4.78 is 0.959. The first-order valence-corrected chi connectivity index (χ1v) is 5.63. The molecule has 0 unspecified atom stereocenters. The van der Waals surface area contributed by atoms with Crippen molar-refractivity contribution in [2.24, 2.45) is 0 Å². The Morgan fingerprint density at radius 1 is 1.41 bits per heavy atom. The number of rotatable bonds is 3. The van der Waals surface area contributed by atoms with Gasteiger partial charge in [-0.15, -0.1) is 11.3 Å². The fraction of sp³-hybridized carbons (Fsp3) is 0.100. The number of carboxylic acids is 1. The van der Waals surface area contributed by atoms with Crippen LogP contribution in [0.5, 0.6) is 0 Å². The number of benzene rings is 1. The molecule has 1 aromatic carbocycles. The van der Waals surface area contributed by atoms with Crippen molar-refractivity contribution >= 4 is 39.2 Å². The zero-order chi connectivity index (χ0) is 12.3. The summed E-state index contributed by atoms with van der Waals surface area (Å²) in [6.45, 7) is -0.408. The van der Waals surface area contributed by atoms with Crippen molar-refractivity contribution in [1.29, 1.82) is 0 Å². The maximum absolute atomic E-state index is 11.3. The number of carbonyl (C=O) groups excluding carboxylic acids is 1. The molecule has 0 atom stereocenters. The molecule has 2 rings (SSSR count). The van der Waals surface area contributed by atoms with Crippen molar-refractivity contribution in [3.05, 3.63) is 23.7 Å². The van der Waals surface area contributed by atoms with Crippen molar-refractivity contribution in [3.63, 3.8) is 0 Å². The number of thiazole rings is 1. The third-order valence-corrected chi connectivity index (χ3v) is 2.78. The van der Waals surface area contributed by atoms with Crippen molar-refractivity contribution in [1.82, 2.24) is 10.3 Å². The van der Waals surface area contributed by atoms with Gasteiger partial charge in [-0.25, -0.2) is 9.78 Å². The molecule has 0 spiro atoms. The summed E-state index contributed by atoms with van der Waals surface area (Å²) in [5, 5.41) is 13.1. The molecule has 17 heavy (non-hydrogen) atoms. The number of anilines is 1. The van der Waals surface area contributed by atoms with Gasteiger partial charge in [0, 0.05) is 5.69 Å². The van der Waals surface area contributed by atoms with Crippen molar-refractivity contribution < 1.29 is 14.7 Å². The Hall–Kier alpha value is -2.15. The normalized spacial score (nSPS) is 10.1. The largest absolute Gasteiger partial charge is 0.480 e. The standard InChI is InChI=1S/C10H9N3O3S/c14-9(15)4-11-10(16)13-6-1-2-7-8(3-6)17-5-12-7/h1-3,5H,4H2,(H,14,15)(H2,11,13,16). The van der Waals surface area contributed by atoms with Gasteiger partial charge in [-0.05, 0) is 18.2 Å². The molecule has 7 heteroatoms. The highest BCUT2D eigenvalue weighted by molar-refractivity contribution is 7.16. The highest BCUT2D eigenvalue weighted by atomic mass is 32.1. The molecular formula is C10H9N3O3S. The van der Waals surface area contributed by atoms with Crippen LogP contribution in [0.1, 0.15) is 0 Å². The van der Waals surface area contributed by atoms with E-state index in [1.807, 2.05) is 0 Å². The summed E-state index contributed by atoms with van der Waals surface area (Å²) in [6, 6.07) is 4.74. The van der Waals surface area contributed by atoms with Crippen LogP contribution in [0.25, 0.3) is 10.2 Å². The molecule has 0 saturated carbocycles. The van der Waals surface area contributed by atoms with E-state index in [1.54, 1.807) is 23.7 Å². The summed E-state index contributed by atoms with van der Waals surface area (Å²) in [4.78, 5) is 25.7. The predicted molar refractivity (Wildman–Crippen MR) is 64.3 cm³/mol. The minimum absolute atomic E-state index is 0.408. The molecule has 6 nitrogen and oxygen atoms in total. The molecular weight excluding hydrogens is 242 g/mol. The van der Waals surface area contributed by atoms with Crippen LogP contribution >= 0.6 is 11.3 Å². The molecule has 0 bridgehead atoms. The highest BCUT2D eigenvalue weighted by Crippen LogP contribution is 2.21. The quantitative estimate of drug-likeness (QED) is 0.771. The Kier molecular flexibility index (Phi) is 3.20. The fourth-order valence-corrected chi connectivity index (χ4v) is 1.98. The molecule has 0 saturated heterocycles. The van der Waals surface area contributed by atoms with Gasteiger partial charge in [-0.3, -0.25) is 4.79 Å². The number of hydrogen-bond donors (Lipinski definition) is 3. The molecule has 0 aliphatic carbocycles. The first kappa shape index (κ1) is 11.3. The predicted octanol–water partition coefficient (Wildman–Crippen LogP) is 1.50. The number of carbonyl (C=O) groups is 2. The molecule has 2 amide bonds. The zero-order valence-electron chi connectivity index (χ0n) is 8.64. The summed E-state index contributed by atoms with van der Waals surface area (Å²) >= 11 is 1.47. The number of carboxylic acid groups (broad SMARTS) is 1. The maximum Gasteiger partial charge on any atom is 0.323 e. The second-order valence-electron chi connectivity index (χ2n) is 3.24. The molecule has 1 heterocycles. The van der Waals surface area contributed by atoms with Crippen LogP contribution in [0, 0.1) is 0 Å². The summed E-state index contributed by atoms with van der Waals surface area (Å²) in [5.41, 5.74) is 3.19. The van der Waals surface area contributed by atoms with E-state index in [2.05, 4.69) is 15.6 Å². The van der Waals surface area contributed by atoms with E-state index in [0.29, 0.717) is 5.69 Å². The van der Waals surface area contributed by atoms with Gasteiger partial charge in [0.05, 0.1) is 15.7 Å². The topological polar surface area (TPSA) is 91.3 Å². The molecule has 3 N–H and O–H groups in total. The smallest absolute Gasteiger partial charge is 0.323 e. The van der Waals surface area contributed by atoms with E-state index in [-0.39, 0.29) is 0 Å². The lowest BCUT2D eigenvalue weighted by molar-refractivity contribution is -0.135. The minimum Gasteiger partial charge on any atom is -0.480 e. The number of fused-ring (bicyclic) bond motifs is 1. The third-order valence-electron chi connectivity index (χ3n) is 1.99. The first-order chi connectivity index (χ1) is 8.15. The van der Waals surface area contributed by atoms with Gasteiger partial charge in [0.1, 0.15) is 6.54 Å². The van der Waals surface area contributed by atoms with Crippen LogP contribution in [0.2, 0.25) is 0 Å². The average molecular weight is 251 g/mol. The number of aromatic nitrogens is 1. The molecule has 2 aromatic rings. The lowest BCUT2D eigenvalue weighted by Gasteiger charge is -2.05. The van der Waals surface area contributed by atoms with Crippen LogP contribution in [0.15, 0.2) is 23.7 Å². The molecule has 0 radical (unpaired) electrons. The number of hydrogen-bond acceptors (Lipinski definition) is 4. The number of aliphatic carboxylic acids is 1. The first-order valence-electron chi connectivity index (χ1n) is 4.75. The fourth-order valence-electron chi connectivity index (χ4n) is 1.26. The van der Waals surface area contributed by atoms with Gasteiger partial charge >= 0.3 is 12.0 Å². The van der Waals surface area contributed by atoms with Crippen LogP contribution in [0.4, 0.5) is 10.5 Å². The van der Waals surface area contributed by atoms with E-state index in [1.165, 1.54) is 11.3 Å². The Bertz CT molecular complexity index is 567. The average Bonchev–Trinajstić information content (AvgIpc) is 2.73. The monoisotopic (exact) mass is 251 g/mol. The van der Waals surface area contributed by atoms with Gasteiger partial charge in [0.25, 0.3) is 0 Å². The second kappa shape index (κ2) is 4.79. The van der Waals surface area contributed by atoms with Crippen LogP contribution in [0.3, 0.4) is 0 Å². The maximum atomic E-state index is 11.3. The highest BCUT2D eigenvalue weighted by Gasteiger charge is 2.05. The van der Waals surface area contributed by atoms with E-state index < -0.39 is 18.5 Å². The van der Waals surface area contributed by atoms with Crippen LogP contribution in [-0.2, 0) is 4.79 Å². The number of urea groups is 1. The Morgan fingerprint density at radius 2 is 2.24 bits per heavy atom. The third kappa shape index (κ3) is 2.91.